The van der Waals surface area contributed by atoms with Crippen molar-refractivity contribution >= 4 is 17.5 Å². The predicted octanol–water partition coefficient (Wildman–Crippen LogP) is 6.56. The summed E-state index contributed by atoms with van der Waals surface area (Å²) in [5, 5.41) is 0. The lowest BCUT2D eigenvalue weighted by molar-refractivity contribution is -0.185. The van der Waals surface area contributed by atoms with Crippen LogP contribution in [0.2, 0.25) is 0 Å². The van der Waals surface area contributed by atoms with Crippen molar-refractivity contribution in [1.82, 2.24) is 0 Å². The summed E-state index contributed by atoms with van der Waals surface area (Å²) in [6.07, 6.45) is 10.9. The first-order chi connectivity index (χ1) is 15.9. The van der Waals surface area contributed by atoms with E-state index in [2.05, 4.69) is 53.7 Å². The second kappa shape index (κ2) is 8.89. The predicted molar refractivity (Wildman–Crippen MR) is 134 cm³/mol. The minimum atomic E-state index is -0.516. The summed E-state index contributed by atoms with van der Waals surface area (Å²) < 4.78 is 5.54. The van der Waals surface area contributed by atoms with Crippen LogP contribution in [-0.4, -0.2) is 23.6 Å². The highest BCUT2D eigenvalue weighted by molar-refractivity contribution is 5.96. The van der Waals surface area contributed by atoms with Gasteiger partial charge in [-0.25, -0.2) is 0 Å². The lowest BCUT2D eigenvalue weighted by Gasteiger charge is -2.62. The Morgan fingerprint density at radius 3 is 2.38 bits per heavy atom. The van der Waals surface area contributed by atoms with Gasteiger partial charge in [-0.3, -0.25) is 14.4 Å². The van der Waals surface area contributed by atoms with Gasteiger partial charge < -0.3 is 4.74 Å². The number of rotatable bonds is 5. The Morgan fingerprint density at radius 1 is 1.03 bits per heavy atom. The van der Waals surface area contributed by atoms with Gasteiger partial charge in [-0.15, -0.1) is 0 Å². The molecule has 34 heavy (non-hydrogen) atoms. The molecule has 0 bridgehead atoms. The number of esters is 1. The summed E-state index contributed by atoms with van der Waals surface area (Å²) in [4.78, 5) is 39.3. The zero-order valence-electron chi connectivity index (χ0n) is 22.5. The van der Waals surface area contributed by atoms with Crippen molar-refractivity contribution in [2.75, 3.05) is 0 Å². The molecule has 0 N–H and O–H groups in total. The van der Waals surface area contributed by atoms with E-state index in [0.29, 0.717) is 48.7 Å². The Morgan fingerprint density at radius 2 is 1.74 bits per heavy atom. The van der Waals surface area contributed by atoms with E-state index in [9.17, 15) is 14.4 Å². The van der Waals surface area contributed by atoms with Gasteiger partial charge in [0.1, 0.15) is 17.7 Å². The Kier molecular flexibility index (Phi) is 6.70. The molecule has 0 aliphatic heterocycles. The average Bonchev–Trinajstić information content (AvgIpc) is 3.08. The first-order valence-corrected chi connectivity index (χ1v) is 13.8. The number of Topliss-reactive ketones (excluding diaryl/α,β-unsaturated/α-hetero) is 2. The van der Waals surface area contributed by atoms with Crippen LogP contribution in [0.3, 0.4) is 0 Å². The molecule has 0 aromatic carbocycles. The molecule has 4 saturated carbocycles. The van der Waals surface area contributed by atoms with E-state index in [1.807, 2.05) is 0 Å². The van der Waals surface area contributed by atoms with Crippen LogP contribution in [0.1, 0.15) is 99.8 Å². The first kappa shape index (κ1) is 25.6. The molecule has 4 nitrogen and oxygen atoms in total. The van der Waals surface area contributed by atoms with Gasteiger partial charge in [-0.2, -0.15) is 0 Å². The third kappa shape index (κ3) is 3.73. The standard InChI is InChI=1S/C30H46O4/c1-18(2)19(3)8-9-20(4)23-10-11-27(33)30-17-25(32)24-16-22(34-21(5)31)12-14-28(24,6)26(30)13-15-29(23,30)7/h8-9,18-20,22-24,26H,10-17H2,1-7H3/b9-8+/t19-,20+,22-,23+,24-,26+,28-,29+,30-/m0/s1. The summed E-state index contributed by atoms with van der Waals surface area (Å²) >= 11 is 0. The summed E-state index contributed by atoms with van der Waals surface area (Å²) in [7, 11) is 0. The molecule has 0 aromatic heterocycles. The summed E-state index contributed by atoms with van der Waals surface area (Å²) in [6.45, 7) is 15.2. The SMILES string of the molecule is CC(=O)O[C@H]1CC[C@]2(C)[C@H]3CC[C@]4(C)[C@@H]([C@H](C)/C=C/[C@H](C)C(C)C)CCC(=O)[C@]34CC(=O)[C@@H]2C1. The quantitative estimate of drug-likeness (QED) is 0.337. The van der Waals surface area contributed by atoms with Gasteiger partial charge in [-0.1, -0.05) is 53.7 Å². The van der Waals surface area contributed by atoms with Crippen molar-refractivity contribution in [1.29, 1.82) is 0 Å². The summed E-state index contributed by atoms with van der Waals surface area (Å²) in [5.74, 6) is 2.48. The van der Waals surface area contributed by atoms with Gasteiger partial charge >= 0.3 is 5.97 Å². The topological polar surface area (TPSA) is 60.4 Å². The maximum atomic E-state index is 13.9. The number of hydrogen-bond acceptors (Lipinski definition) is 4. The van der Waals surface area contributed by atoms with Crippen LogP contribution in [0.15, 0.2) is 12.2 Å². The van der Waals surface area contributed by atoms with Crippen molar-refractivity contribution in [3.8, 4) is 0 Å². The third-order valence-electron chi connectivity index (χ3n) is 11.2. The van der Waals surface area contributed by atoms with Crippen LogP contribution in [0.25, 0.3) is 0 Å². The van der Waals surface area contributed by atoms with Crippen LogP contribution < -0.4 is 0 Å². The van der Waals surface area contributed by atoms with E-state index >= 15 is 0 Å². The molecule has 0 amide bonds. The summed E-state index contributed by atoms with van der Waals surface area (Å²) in [5.41, 5.74) is -0.820. The van der Waals surface area contributed by atoms with E-state index in [0.717, 1.165) is 32.1 Å². The molecule has 190 valence electrons. The highest BCUT2D eigenvalue weighted by atomic mass is 16.5. The lowest BCUT2D eigenvalue weighted by Crippen LogP contribution is -2.64. The molecule has 4 rings (SSSR count). The lowest BCUT2D eigenvalue weighted by atomic mass is 9.40. The molecule has 4 aliphatic rings. The Bertz CT molecular complexity index is 873. The number of hydrogen-bond donors (Lipinski definition) is 0. The second-order valence-corrected chi connectivity index (χ2v) is 13.1. The van der Waals surface area contributed by atoms with Crippen LogP contribution in [0, 0.1) is 51.8 Å². The smallest absolute Gasteiger partial charge is 0.302 e. The molecule has 1 spiro atoms. The highest BCUT2D eigenvalue weighted by Crippen LogP contribution is 2.74. The Hall–Kier alpha value is -1.45. The molecular formula is C30H46O4. The molecule has 0 saturated heterocycles. The van der Waals surface area contributed by atoms with Crippen molar-refractivity contribution in [3.05, 3.63) is 12.2 Å². The Labute approximate surface area is 206 Å². The van der Waals surface area contributed by atoms with Gasteiger partial charge in [0, 0.05) is 31.1 Å². The fraction of sp³-hybridized carbons (Fsp3) is 0.833. The van der Waals surface area contributed by atoms with E-state index in [-0.39, 0.29) is 40.5 Å². The number of ketones is 2. The largest absolute Gasteiger partial charge is 0.463 e. The number of carbonyl (C=O) groups is 3. The van der Waals surface area contributed by atoms with Gasteiger partial charge in [-0.05, 0) is 78.9 Å². The summed E-state index contributed by atoms with van der Waals surface area (Å²) in [6, 6.07) is 0. The molecule has 0 heterocycles. The molecule has 4 heteroatoms. The molecule has 0 aromatic rings. The van der Waals surface area contributed by atoms with Gasteiger partial charge in [0.15, 0.2) is 0 Å². The molecule has 4 fully saturated rings. The fourth-order valence-corrected chi connectivity index (χ4v) is 8.99. The van der Waals surface area contributed by atoms with Crippen molar-refractivity contribution in [3.63, 3.8) is 0 Å². The third-order valence-corrected chi connectivity index (χ3v) is 11.2. The zero-order chi connectivity index (χ0) is 25.1. The second-order valence-electron chi connectivity index (χ2n) is 13.1. The first-order valence-electron chi connectivity index (χ1n) is 13.8. The minimum Gasteiger partial charge on any atom is -0.463 e. The van der Waals surface area contributed by atoms with Crippen molar-refractivity contribution in [2.24, 2.45) is 51.8 Å². The molecule has 0 unspecified atom stereocenters. The maximum absolute atomic E-state index is 13.9. The van der Waals surface area contributed by atoms with Crippen LogP contribution in [0.5, 0.6) is 0 Å². The van der Waals surface area contributed by atoms with Gasteiger partial charge in [0.05, 0.1) is 0 Å². The van der Waals surface area contributed by atoms with Crippen LogP contribution in [-0.2, 0) is 19.1 Å². The monoisotopic (exact) mass is 470 g/mol. The highest BCUT2D eigenvalue weighted by Gasteiger charge is 2.73. The van der Waals surface area contributed by atoms with Gasteiger partial charge in [0.25, 0.3) is 0 Å². The van der Waals surface area contributed by atoms with Gasteiger partial charge in [0.2, 0.25) is 0 Å². The van der Waals surface area contributed by atoms with E-state index < -0.39 is 5.41 Å². The maximum Gasteiger partial charge on any atom is 0.302 e. The number of allylic oxidation sites excluding steroid dienone is 2. The van der Waals surface area contributed by atoms with Crippen molar-refractivity contribution < 1.29 is 19.1 Å². The average molecular weight is 471 g/mol. The van der Waals surface area contributed by atoms with E-state index in [1.54, 1.807) is 0 Å². The molecule has 0 radical (unpaired) electrons. The van der Waals surface area contributed by atoms with E-state index in [1.165, 1.54) is 6.92 Å². The number of carbonyl (C=O) groups excluding carboxylic acids is 3. The Balaban J connectivity index is 1.66. The van der Waals surface area contributed by atoms with Crippen LogP contribution >= 0.6 is 0 Å². The van der Waals surface area contributed by atoms with Crippen molar-refractivity contribution in [2.45, 2.75) is 106 Å². The van der Waals surface area contributed by atoms with Crippen LogP contribution in [0.4, 0.5) is 0 Å². The zero-order valence-corrected chi connectivity index (χ0v) is 22.5. The number of ether oxygens (including phenoxy) is 1. The number of fused-ring (bicyclic) bond motifs is 2. The normalized spacial score (nSPS) is 43.9. The minimum absolute atomic E-state index is 0.0963. The fourth-order valence-electron chi connectivity index (χ4n) is 8.99. The molecular weight excluding hydrogens is 424 g/mol. The molecule has 4 aliphatic carbocycles. The van der Waals surface area contributed by atoms with E-state index in [4.69, 9.17) is 4.74 Å². The molecule has 9 atom stereocenters.